The Morgan fingerprint density at radius 3 is 2.94 bits per heavy atom. The predicted octanol–water partition coefficient (Wildman–Crippen LogP) is 2.14. The van der Waals surface area contributed by atoms with Gasteiger partial charge in [-0.25, -0.2) is 9.97 Å². The molecule has 0 radical (unpaired) electrons. The van der Waals surface area contributed by atoms with Gasteiger partial charge in [-0.1, -0.05) is 6.92 Å². The van der Waals surface area contributed by atoms with Crippen LogP contribution in [0.1, 0.15) is 23.4 Å². The van der Waals surface area contributed by atoms with Crippen molar-refractivity contribution >= 4 is 23.7 Å². The SMILES string of the molecule is CCc1nc(CNCc2ncc[nH]2)cs1.Cl. The standard InChI is InChI=1S/C10H14N4S.ClH/c1-2-10-14-8(7-15-10)5-11-6-9-12-3-4-13-9;/h3-4,7,11H,2,5-6H2,1H3,(H,12,13);1H. The summed E-state index contributed by atoms with van der Waals surface area (Å²) in [5.74, 6) is 0.959. The van der Waals surface area contributed by atoms with Crippen LogP contribution in [0.2, 0.25) is 0 Å². The van der Waals surface area contributed by atoms with Gasteiger partial charge in [0.2, 0.25) is 0 Å². The van der Waals surface area contributed by atoms with E-state index in [4.69, 9.17) is 0 Å². The molecular weight excluding hydrogens is 244 g/mol. The second kappa shape index (κ2) is 6.62. The Morgan fingerprint density at radius 2 is 2.31 bits per heavy atom. The molecule has 0 aliphatic rings. The highest BCUT2D eigenvalue weighted by Gasteiger charge is 2.00. The Morgan fingerprint density at radius 1 is 1.44 bits per heavy atom. The molecule has 4 nitrogen and oxygen atoms in total. The summed E-state index contributed by atoms with van der Waals surface area (Å²) in [5, 5.41) is 6.60. The molecular formula is C10H15ClN4S. The van der Waals surface area contributed by atoms with E-state index < -0.39 is 0 Å². The minimum absolute atomic E-state index is 0. The van der Waals surface area contributed by atoms with E-state index in [1.54, 1.807) is 17.5 Å². The van der Waals surface area contributed by atoms with Gasteiger partial charge < -0.3 is 10.3 Å². The van der Waals surface area contributed by atoms with Crippen molar-refractivity contribution in [1.29, 1.82) is 0 Å². The van der Waals surface area contributed by atoms with Crippen LogP contribution in [-0.4, -0.2) is 15.0 Å². The van der Waals surface area contributed by atoms with Gasteiger partial charge >= 0.3 is 0 Å². The number of aromatic nitrogens is 3. The molecule has 0 unspecified atom stereocenters. The first-order valence-corrected chi connectivity index (χ1v) is 5.88. The molecule has 0 bridgehead atoms. The van der Waals surface area contributed by atoms with Crippen molar-refractivity contribution in [3.8, 4) is 0 Å². The molecule has 0 aromatic carbocycles. The van der Waals surface area contributed by atoms with Crippen LogP contribution in [0, 0.1) is 0 Å². The van der Waals surface area contributed by atoms with Crippen molar-refractivity contribution in [2.24, 2.45) is 0 Å². The monoisotopic (exact) mass is 258 g/mol. The summed E-state index contributed by atoms with van der Waals surface area (Å²) in [6.07, 6.45) is 4.60. The molecule has 2 aromatic heterocycles. The van der Waals surface area contributed by atoms with E-state index in [1.165, 1.54) is 5.01 Å². The number of H-pyrrole nitrogens is 1. The maximum absolute atomic E-state index is 4.47. The van der Waals surface area contributed by atoms with Gasteiger partial charge in [-0.2, -0.15) is 0 Å². The number of imidazole rings is 1. The lowest BCUT2D eigenvalue weighted by Gasteiger charge is -1.98. The van der Waals surface area contributed by atoms with Crippen LogP contribution >= 0.6 is 23.7 Å². The summed E-state index contributed by atoms with van der Waals surface area (Å²) in [6.45, 7) is 3.68. The van der Waals surface area contributed by atoms with Gasteiger partial charge in [0, 0.05) is 24.3 Å². The Kier molecular flexibility index (Phi) is 5.45. The van der Waals surface area contributed by atoms with Gasteiger partial charge in [0.25, 0.3) is 0 Å². The van der Waals surface area contributed by atoms with Crippen molar-refractivity contribution in [1.82, 2.24) is 20.3 Å². The molecule has 88 valence electrons. The summed E-state index contributed by atoms with van der Waals surface area (Å²) in [7, 11) is 0. The molecule has 0 spiro atoms. The zero-order valence-electron chi connectivity index (χ0n) is 9.06. The molecule has 0 saturated carbocycles. The molecule has 0 amide bonds. The highest BCUT2D eigenvalue weighted by atomic mass is 35.5. The average molecular weight is 259 g/mol. The van der Waals surface area contributed by atoms with Gasteiger partial charge in [-0.15, -0.1) is 23.7 Å². The van der Waals surface area contributed by atoms with Crippen molar-refractivity contribution in [2.75, 3.05) is 0 Å². The number of hydrogen-bond acceptors (Lipinski definition) is 4. The van der Waals surface area contributed by atoms with E-state index in [9.17, 15) is 0 Å². The van der Waals surface area contributed by atoms with E-state index in [0.717, 1.165) is 31.0 Å². The Hall–Kier alpha value is -0.910. The fourth-order valence-electron chi connectivity index (χ4n) is 1.30. The van der Waals surface area contributed by atoms with Gasteiger partial charge in [-0.3, -0.25) is 0 Å². The number of nitrogens with one attached hydrogen (secondary N) is 2. The highest BCUT2D eigenvalue weighted by molar-refractivity contribution is 7.09. The van der Waals surface area contributed by atoms with Crippen LogP contribution in [0.15, 0.2) is 17.8 Å². The normalized spacial score (nSPS) is 10.1. The molecule has 2 rings (SSSR count). The number of thiazole rings is 1. The summed E-state index contributed by atoms with van der Waals surface area (Å²) in [6, 6.07) is 0. The van der Waals surface area contributed by atoms with Gasteiger partial charge in [0.15, 0.2) is 0 Å². The van der Waals surface area contributed by atoms with E-state index in [0.29, 0.717) is 0 Å². The van der Waals surface area contributed by atoms with Crippen LogP contribution in [-0.2, 0) is 19.5 Å². The van der Waals surface area contributed by atoms with Crippen LogP contribution in [0.5, 0.6) is 0 Å². The predicted molar refractivity (Wildman–Crippen MR) is 67.9 cm³/mol. The summed E-state index contributed by atoms with van der Waals surface area (Å²) in [5.41, 5.74) is 1.11. The number of aryl methyl sites for hydroxylation is 1. The number of hydrogen-bond donors (Lipinski definition) is 2. The molecule has 0 atom stereocenters. The van der Waals surface area contributed by atoms with Gasteiger partial charge in [0.1, 0.15) is 5.82 Å². The van der Waals surface area contributed by atoms with E-state index >= 15 is 0 Å². The average Bonchev–Trinajstić information content (AvgIpc) is 2.88. The third kappa shape index (κ3) is 3.59. The highest BCUT2D eigenvalue weighted by Crippen LogP contribution is 2.09. The number of nitrogens with zero attached hydrogens (tertiary/aromatic N) is 2. The summed E-state index contributed by atoms with van der Waals surface area (Å²) >= 11 is 1.72. The fourth-order valence-corrected chi connectivity index (χ4v) is 2.04. The third-order valence-electron chi connectivity index (χ3n) is 2.06. The second-order valence-corrected chi connectivity index (χ2v) is 4.17. The molecule has 0 aliphatic heterocycles. The summed E-state index contributed by atoms with van der Waals surface area (Å²) < 4.78 is 0. The van der Waals surface area contributed by atoms with Gasteiger partial charge in [0.05, 0.1) is 17.2 Å². The lowest BCUT2D eigenvalue weighted by atomic mass is 10.4. The topological polar surface area (TPSA) is 53.6 Å². The van der Waals surface area contributed by atoms with Crippen molar-refractivity contribution in [2.45, 2.75) is 26.4 Å². The van der Waals surface area contributed by atoms with Crippen molar-refractivity contribution < 1.29 is 0 Å². The third-order valence-corrected chi connectivity index (χ3v) is 3.10. The maximum atomic E-state index is 4.47. The Balaban J connectivity index is 0.00000128. The molecule has 2 N–H and O–H groups in total. The van der Waals surface area contributed by atoms with Crippen molar-refractivity contribution in [3.63, 3.8) is 0 Å². The minimum atomic E-state index is 0. The Bertz CT molecular complexity index is 399. The molecule has 2 aromatic rings. The number of aromatic amines is 1. The van der Waals surface area contributed by atoms with Crippen LogP contribution in [0.3, 0.4) is 0 Å². The van der Waals surface area contributed by atoms with Crippen LogP contribution in [0.4, 0.5) is 0 Å². The zero-order chi connectivity index (χ0) is 10.5. The Labute approximate surface area is 105 Å². The molecule has 2 heterocycles. The summed E-state index contributed by atoms with van der Waals surface area (Å²) in [4.78, 5) is 11.7. The number of halogens is 1. The minimum Gasteiger partial charge on any atom is -0.348 e. The molecule has 0 fully saturated rings. The maximum Gasteiger partial charge on any atom is 0.120 e. The van der Waals surface area contributed by atoms with Crippen LogP contribution in [0.25, 0.3) is 0 Å². The molecule has 6 heteroatoms. The molecule has 0 saturated heterocycles. The van der Waals surface area contributed by atoms with E-state index in [-0.39, 0.29) is 12.4 Å². The first kappa shape index (κ1) is 13.2. The second-order valence-electron chi connectivity index (χ2n) is 3.23. The zero-order valence-corrected chi connectivity index (χ0v) is 10.7. The molecule has 0 aliphatic carbocycles. The van der Waals surface area contributed by atoms with Crippen molar-refractivity contribution in [3.05, 3.63) is 34.3 Å². The largest absolute Gasteiger partial charge is 0.348 e. The number of rotatable bonds is 5. The van der Waals surface area contributed by atoms with Crippen LogP contribution < -0.4 is 5.32 Å². The quantitative estimate of drug-likeness (QED) is 0.864. The molecule has 16 heavy (non-hydrogen) atoms. The first-order chi connectivity index (χ1) is 7.38. The van der Waals surface area contributed by atoms with E-state index in [2.05, 4.69) is 32.6 Å². The van der Waals surface area contributed by atoms with Gasteiger partial charge in [-0.05, 0) is 6.42 Å². The lowest BCUT2D eigenvalue weighted by molar-refractivity contribution is 0.658. The smallest absolute Gasteiger partial charge is 0.120 e. The van der Waals surface area contributed by atoms with E-state index in [1.807, 2.05) is 6.20 Å². The first-order valence-electron chi connectivity index (χ1n) is 5.00. The lowest BCUT2D eigenvalue weighted by Crippen LogP contribution is -2.13. The fraction of sp³-hybridized carbons (Fsp3) is 0.400.